The SMILES string of the molecule is COc1ccc2c(CN3CCC(c4cc(COc5ccccc5F)[nH]n4)C3)cn(C)c2c1. The topological polar surface area (TPSA) is 55.3 Å². The van der Waals surface area contributed by atoms with E-state index in [-0.39, 0.29) is 18.2 Å². The highest BCUT2D eigenvalue weighted by atomic mass is 19.1. The molecule has 1 aliphatic heterocycles. The smallest absolute Gasteiger partial charge is 0.165 e. The molecule has 0 radical (unpaired) electrons. The fraction of sp³-hybridized carbons (Fsp3) is 0.320. The average Bonchev–Trinajstić information content (AvgIpc) is 3.53. The number of likely N-dealkylation sites (tertiary alicyclic amines) is 1. The molecule has 0 spiro atoms. The number of rotatable bonds is 7. The molecule has 0 bridgehead atoms. The monoisotopic (exact) mass is 434 g/mol. The van der Waals surface area contributed by atoms with E-state index in [9.17, 15) is 4.39 Å². The Balaban J connectivity index is 1.22. The van der Waals surface area contributed by atoms with Crippen molar-refractivity contribution < 1.29 is 13.9 Å². The van der Waals surface area contributed by atoms with Crippen molar-refractivity contribution in [3.63, 3.8) is 0 Å². The van der Waals surface area contributed by atoms with E-state index in [0.29, 0.717) is 5.92 Å². The minimum atomic E-state index is -0.356. The number of hydrogen-bond donors (Lipinski definition) is 1. The number of nitrogens with one attached hydrogen (secondary N) is 1. The van der Waals surface area contributed by atoms with Crippen LogP contribution < -0.4 is 9.47 Å². The third-order valence-corrected chi connectivity index (χ3v) is 6.24. The van der Waals surface area contributed by atoms with E-state index in [1.165, 1.54) is 22.5 Å². The summed E-state index contributed by atoms with van der Waals surface area (Å²) in [6.07, 6.45) is 3.28. The normalized spacial score (nSPS) is 16.7. The third kappa shape index (κ3) is 4.08. The number of ether oxygens (including phenoxy) is 2. The summed E-state index contributed by atoms with van der Waals surface area (Å²) < 4.78 is 26.9. The van der Waals surface area contributed by atoms with Gasteiger partial charge in [-0.3, -0.25) is 10.00 Å². The first-order chi connectivity index (χ1) is 15.6. The van der Waals surface area contributed by atoms with Gasteiger partial charge in [-0.25, -0.2) is 4.39 Å². The summed E-state index contributed by atoms with van der Waals surface area (Å²) in [5.41, 5.74) is 4.40. The highest BCUT2D eigenvalue weighted by Gasteiger charge is 2.26. The zero-order valence-corrected chi connectivity index (χ0v) is 18.3. The summed E-state index contributed by atoms with van der Waals surface area (Å²) in [7, 11) is 3.77. The van der Waals surface area contributed by atoms with Crippen LogP contribution in [-0.2, 0) is 20.2 Å². The van der Waals surface area contributed by atoms with Crippen molar-refractivity contribution in [2.24, 2.45) is 7.05 Å². The number of benzene rings is 2. The van der Waals surface area contributed by atoms with Gasteiger partial charge >= 0.3 is 0 Å². The number of hydrogen-bond acceptors (Lipinski definition) is 4. The second kappa shape index (κ2) is 8.67. The predicted molar refractivity (Wildman–Crippen MR) is 121 cm³/mol. The maximum absolute atomic E-state index is 13.7. The summed E-state index contributed by atoms with van der Waals surface area (Å²) in [4.78, 5) is 2.48. The largest absolute Gasteiger partial charge is 0.497 e. The lowest BCUT2D eigenvalue weighted by Gasteiger charge is -2.15. The Bertz CT molecular complexity index is 1230. The maximum Gasteiger partial charge on any atom is 0.165 e. The Kier molecular flexibility index (Phi) is 5.57. The van der Waals surface area contributed by atoms with Crippen LogP contribution >= 0.6 is 0 Å². The highest BCUT2D eigenvalue weighted by Crippen LogP contribution is 2.31. The molecule has 0 aliphatic carbocycles. The zero-order valence-electron chi connectivity index (χ0n) is 18.3. The molecule has 1 N–H and O–H groups in total. The first-order valence-corrected chi connectivity index (χ1v) is 10.9. The molecule has 2 aromatic heterocycles. The molecule has 4 aromatic rings. The number of nitrogens with zero attached hydrogens (tertiary/aromatic N) is 3. The van der Waals surface area contributed by atoms with E-state index in [0.717, 1.165) is 43.2 Å². The van der Waals surface area contributed by atoms with Gasteiger partial charge in [-0.2, -0.15) is 5.10 Å². The Labute approximate surface area is 186 Å². The second-order valence-corrected chi connectivity index (χ2v) is 8.41. The van der Waals surface area contributed by atoms with Gasteiger partial charge in [0.25, 0.3) is 0 Å². The van der Waals surface area contributed by atoms with Crippen LogP contribution in [0.15, 0.2) is 54.7 Å². The molecule has 7 heteroatoms. The fourth-order valence-electron chi connectivity index (χ4n) is 4.54. The van der Waals surface area contributed by atoms with Crippen LogP contribution in [0.5, 0.6) is 11.5 Å². The molecule has 5 rings (SSSR count). The van der Waals surface area contributed by atoms with Crippen molar-refractivity contribution in [3.05, 3.63) is 77.5 Å². The molecule has 166 valence electrons. The molecular formula is C25H27FN4O2. The summed E-state index contributed by atoms with van der Waals surface area (Å²) in [5, 5.41) is 8.82. The Morgan fingerprint density at radius 1 is 1.19 bits per heavy atom. The molecular weight excluding hydrogens is 407 g/mol. The molecule has 32 heavy (non-hydrogen) atoms. The van der Waals surface area contributed by atoms with Crippen LogP contribution in [0.2, 0.25) is 0 Å². The number of para-hydroxylation sites is 1. The van der Waals surface area contributed by atoms with Gasteiger partial charge in [-0.1, -0.05) is 12.1 Å². The van der Waals surface area contributed by atoms with Crippen LogP contribution in [0, 0.1) is 5.82 Å². The summed E-state index contributed by atoms with van der Waals surface area (Å²) >= 11 is 0. The lowest BCUT2D eigenvalue weighted by Crippen LogP contribution is -2.19. The van der Waals surface area contributed by atoms with Crippen LogP contribution in [0.25, 0.3) is 10.9 Å². The predicted octanol–water partition coefficient (Wildman–Crippen LogP) is 4.62. The van der Waals surface area contributed by atoms with Crippen LogP contribution in [0.3, 0.4) is 0 Å². The molecule has 0 amide bonds. The lowest BCUT2D eigenvalue weighted by atomic mass is 10.1. The summed E-state index contributed by atoms with van der Waals surface area (Å²) in [6.45, 7) is 3.17. The van der Waals surface area contributed by atoms with Crippen molar-refractivity contribution in [3.8, 4) is 11.5 Å². The van der Waals surface area contributed by atoms with Gasteiger partial charge in [-0.15, -0.1) is 0 Å². The molecule has 1 aliphatic rings. The standard InChI is InChI=1S/C25H27FN4O2/c1-29-13-18(21-8-7-20(31-2)12-24(21)29)15-30-10-9-17(14-30)23-11-19(27-28-23)16-32-25-6-4-3-5-22(25)26/h3-8,11-13,17H,9-10,14-16H2,1-2H3,(H,27,28). The van der Waals surface area contributed by atoms with Gasteiger partial charge in [0.05, 0.1) is 24.0 Å². The quantitative estimate of drug-likeness (QED) is 0.461. The maximum atomic E-state index is 13.7. The van der Waals surface area contributed by atoms with Gasteiger partial charge in [0.2, 0.25) is 0 Å². The Hall–Kier alpha value is -3.32. The number of aromatic nitrogens is 3. The summed E-state index contributed by atoms with van der Waals surface area (Å²) in [6, 6.07) is 14.7. The zero-order chi connectivity index (χ0) is 22.1. The number of fused-ring (bicyclic) bond motifs is 1. The first kappa shape index (κ1) is 20.6. The number of H-pyrrole nitrogens is 1. The van der Waals surface area contributed by atoms with E-state index >= 15 is 0 Å². The van der Waals surface area contributed by atoms with Crippen molar-refractivity contribution in [1.82, 2.24) is 19.7 Å². The molecule has 1 fully saturated rings. The Morgan fingerprint density at radius 2 is 2.06 bits per heavy atom. The average molecular weight is 435 g/mol. The van der Waals surface area contributed by atoms with Gasteiger partial charge in [-0.05, 0) is 48.9 Å². The number of methoxy groups -OCH3 is 1. The Morgan fingerprint density at radius 3 is 2.91 bits per heavy atom. The van der Waals surface area contributed by atoms with Gasteiger partial charge in [0.15, 0.2) is 11.6 Å². The van der Waals surface area contributed by atoms with Gasteiger partial charge < -0.3 is 14.0 Å². The number of aromatic amines is 1. The van der Waals surface area contributed by atoms with E-state index in [1.54, 1.807) is 25.3 Å². The van der Waals surface area contributed by atoms with Gasteiger partial charge in [0, 0.05) is 43.7 Å². The molecule has 2 aromatic carbocycles. The molecule has 1 unspecified atom stereocenters. The van der Waals surface area contributed by atoms with E-state index in [2.05, 4.69) is 45.0 Å². The van der Waals surface area contributed by atoms with E-state index < -0.39 is 0 Å². The van der Waals surface area contributed by atoms with Gasteiger partial charge in [0.1, 0.15) is 12.4 Å². The van der Waals surface area contributed by atoms with E-state index in [4.69, 9.17) is 9.47 Å². The molecule has 3 heterocycles. The van der Waals surface area contributed by atoms with Crippen molar-refractivity contribution in [2.45, 2.75) is 25.5 Å². The number of aryl methyl sites for hydroxylation is 1. The first-order valence-electron chi connectivity index (χ1n) is 10.9. The third-order valence-electron chi connectivity index (χ3n) is 6.24. The van der Waals surface area contributed by atoms with Crippen LogP contribution in [0.1, 0.15) is 29.3 Å². The second-order valence-electron chi connectivity index (χ2n) is 8.41. The van der Waals surface area contributed by atoms with Crippen molar-refractivity contribution in [1.29, 1.82) is 0 Å². The molecule has 0 saturated carbocycles. The fourth-order valence-corrected chi connectivity index (χ4v) is 4.54. The minimum absolute atomic E-state index is 0.253. The lowest BCUT2D eigenvalue weighted by molar-refractivity contribution is 0.286. The molecule has 6 nitrogen and oxygen atoms in total. The summed E-state index contributed by atoms with van der Waals surface area (Å²) in [5.74, 6) is 1.15. The highest BCUT2D eigenvalue weighted by molar-refractivity contribution is 5.85. The number of halogens is 1. The van der Waals surface area contributed by atoms with Crippen LogP contribution in [0.4, 0.5) is 4.39 Å². The molecule has 1 saturated heterocycles. The van der Waals surface area contributed by atoms with Crippen molar-refractivity contribution in [2.75, 3.05) is 20.2 Å². The van der Waals surface area contributed by atoms with E-state index in [1.807, 2.05) is 12.1 Å². The molecule has 1 atom stereocenters. The van der Waals surface area contributed by atoms with Crippen molar-refractivity contribution >= 4 is 10.9 Å². The van der Waals surface area contributed by atoms with Crippen LogP contribution in [-0.4, -0.2) is 39.9 Å². The minimum Gasteiger partial charge on any atom is -0.497 e.